The Morgan fingerprint density at radius 2 is 2.09 bits per heavy atom. The lowest BCUT2D eigenvalue weighted by Crippen LogP contribution is -2.47. The molecule has 23 heavy (non-hydrogen) atoms. The molecule has 2 aliphatic rings. The van der Waals surface area contributed by atoms with Crippen LogP contribution in [0.15, 0.2) is 6.20 Å². The quantitative estimate of drug-likeness (QED) is 0.872. The minimum absolute atomic E-state index is 0.0458. The third kappa shape index (κ3) is 3.21. The number of methoxy groups -OCH3 is 1. The summed E-state index contributed by atoms with van der Waals surface area (Å²) in [5.41, 5.74) is -0.286. The lowest BCUT2D eigenvalue weighted by Gasteiger charge is -2.42. The Hall–Kier alpha value is -1.96. The predicted molar refractivity (Wildman–Crippen MR) is 80.0 cm³/mol. The van der Waals surface area contributed by atoms with Crippen LogP contribution in [-0.4, -0.2) is 62.7 Å². The molecule has 1 N–H and O–H groups in total. The minimum Gasteiger partial charge on any atom is -0.476 e. The fraction of sp³-hybridized carbons (Fsp3) is 0.733. The topological polar surface area (TPSA) is 97.5 Å². The third-order valence-corrected chi connectivity index (χ3v) is 5.09. The van der Waals surface area contributed by atoms with Crippen LogP contribution in [0, 0.1) is 0 Å². The van der Waals surface area contributed by atoms with Gasteiger partial charge in [0.1, 0.15) is 0 Å². The molecule has 0 aromatic carbocycles. The van der Waals surface area contributed by atoms with Crippen LogP contribution in [0.4, 0.5) is 0 Å². The van der Waals surface area contributed by atoms with Crippen LogP contribution in [0.3, 0.4) is 0 Å². The number of rotatable bonds is 5. The van der Waals surface area contributed by atoms with Crippen molar-refractivity contribution in [3.05, 3.63) is 11.9 Å². The number of carbonyl (C=O) groups is 2. The molecule has 3 rings (SSSR count). The van der Waals surface area contributed by atoms with Gasteiger partial charge < -0.3 is 14.7 Å². The van der Waals surface area contributed by atoms with Gasteiger partial charge in [0.2, 0.25) is 5.91 Å². The van der Waals surface area contributed by atoms with Gasteiger partial charge in [-0.15, -0.1) is 5.10 Å². The predicted octanol–water partition coefficient (Wildman–Crippen LogP) is 1.10. The number of aromatic carboxylic acids is 1. The van der Waals surface area contributed by atoms with Crippen molar-refractivity contribution >= 4 is 11.9 Å². The Morgan fingerprint density at radius 1 is 1.39 bits per heavy atom. The fourth-order valence-corrected chi connectivity index (χ4v) is 3.34. The molecular weight excluding hydrogens is 300 g/mol. The van der Waals surface area contributed by atoms with E-state index in [9.17, 15) is 9.59 Å². The number of amides is 1. The summed E-state index contributed by atoms with van der Waals surface area (Å²) in [6, 6.07) is 0.0970. The molecule has 0 bridgehead atoms. The summed E-state index contributed by atoms with van der Waals surface area (Å²) in [6.45, 7) is 1.32. The molecule has 8 nitrogen and oxygen atoms in total. The molecule has 8 heteroatoms. The maximum absolute atomic E-state index is 12.4. The van der Waals surface area contributed by atoms with Crippen molar-refractivity contribution in [1.82, 2.24) is 19.9 Å². The first kappa shape index (κ1) is 15.9. The molecule has 1 saturated carbocycles. The number of hydrogen-bond donors (Lipinski definition) is 1. The summed E-state index contributed by atoms with van der Waals surface area (Å²) in [5, 5.41) is 16.4. The van der Waals surface area contributed by atoms with Gasteiger partial charge in [0.15, 0.2) is 5.69 Å². The van der Waals surface area contributed by atoms with E-state index in [-0.39, 0.29) is 23.2 Å². The number of piperidine rings is 1. The van der Waals surface area contributed by atoms with Gasteiger partial charge in [0.05, 0.1) is 24.3 Å². The highest BCUT2D eigenvalue weighted by molar-refractivity contribution is 5.84. The molecule has 0 unspecified atom stereocenters. The molecule has 1 aromatic rings. The lowest BCUT2D eigenvalue weighted by atomic mass is 9.77. The first-order chi connectivity index (χ1) is 11.0. The molecule has 0 atom stereocenters. The van der Waals surface area contributed by atoms with Crippen molar-refractivity contribution in [2.24, 2.45) is 0 Å². The SMILES string of the molecule is COC1(CC(=O)N2CCC(n3cc(C(=O)O)nn3)CC2)CCC1. The molecule has 2 fully saturated rings. The second kappa shape index (κ2) is 6.27. The molecule has 2 heterocycles. The van der Waals surface area contributed by atoms with Crippen molar-refractivity contribution in [2.45, 2.75) is 50.2 Å². The maximum Gasteiger partial charge on any atom is 0.358 e. The number of carboxylic acid groups (broad SMARTS) is 1. The zero-order valence-electron chi connectivity index (χ0n) is 13.3. The highest BCUT2D eigenvalue weighted by atomic mass is 16.5. The highest BCUT2D eigenvalue weighted by Crippen LogP contribution is 2.38. The molecule has 1 aliphatic carbocycles. The molecule has 1 amide bonds. The molecule has 1 aliphatic heterocycles. The average molecular weight is 322 g/mol. The number of carboxylic acids is 1. The van der Waals surface area contributed by atoms with E-state index in [0.29, 0.717) is 19.5 Å². The van der Waals surface area contributed by atoms with Gasteiger partial charge in [-0.1, -0.05) is 5.21 Å². The van der Waals surface area contributed by atoms with Gasteiger partial charge >= 0.3 is 5.97 Å². The maximum atomic E-state index is 12.4. The van der Waals surface area contributed by atoms with Crippen LogP contribution < -0.4 is 0 Å². The summed E-state index contributed by atoms with van der Waals surface area (Å²) in [6.07, 6.45) is 6.48. The molecule has 0 spiro atoms. The average Bonchev–Trinajstić information content (AvgIpc) is 3.01. The Bertz CT molecular complexity index is 583. The first-order valence-electron chi connectivity index (χ1n) is 8.01. The van der Waals surface area contributed by atoms with E-state index in [1.165, 1.54) is 6.20 Å². The number of hydrogen-bond acceptors (Lipinski definition) is 5. The second-order valence-electron chi connectivity index (χ2n) is 6.42. The molecule has 1 saturated heterocycles. The Kier molecular flexibility index (Phi) is 4.34. The van der Waals surface area contributed by atoms with Gasteiger partial charge in [0, 0.05) is 20.2 Å². The van der Waals surface area contributed by atoms with Gasteiger partial charge in [-0.05, 0) is 32.1 Å². The Morgan fingerprint density at radius 3 is 2.57 bits per heavy atom. The van der Waals surface area contributed by atoms with Crippen molar-refractivity contribution < 1.29 is 19.4 Å². The van der Waals surface area contributed by atoms with E-state index in [0.717, 1.165) is 32.1 Å². The van der Waals surface area contributed by atoms with Gasteiger partial charge in [0.25, 0.3) is 0 Å². The molecule has 126 valence electrons. The number of aromatic nitrogens is 3. The van der Waals surface area contributed by atoms with Gasteiger partial charge in [-0.25, -0.2) is 9.48 Å². The monoisotopic (exact) mass is 322 g/mol. The van der Waals surface area contributed by atoms with E-state index in [1.54, 1.807) is 11.8 Å². The van der Waals surface area contributed by atoms with Crippen molar-refractivity contribution in [2.75, 3.05) is 20.2 Å². The standard InChI is InChI=1S/C15H22N4O4/c1-23-15(5-2-6-15)9-13(20)18-7-3-11(4-8-18)19-10-12(14(21)22)16-17-19/h10-11H,2-9H2,1H3,(H,21,22). The van der Waals surface area contributed by atoms with Crippen LogP contribution in [0.2, 0.25) is 0 Å². The first-order valence-corrected chi connectivity index (χ1v) is 8.01. The van der Waals surface area contributed by atoms with Crippen LogP contribution in [-0.2, 0) is 9.53 Å². The zero-order chi connectivity index (χ0) is 16.4. The summed E-state index contributed by atoms with van der Waals surface area (Å²) in [5.74, 6) is -0.927. The highest BCUT2D eigenvalue weighted by Gasteiger charge is 2.40. The normalized spacial score (nSPS) is 21.0. The van der Waals surface area contributed by atoms with E-state index in [4.69, 9.17) is 9.84 Å². The summed E-state index contributed by atoms with van der Waals surface area (Å²) in [4.78, 5) is 25.2. The van der Waals surface area contributed by atoms with Crippen LogP contribution >= 0.6 is 0 Å². The Labute approximate surface area is 134 Å². The van der Waals surface area contributed by atoms with E-state index < -0.39 is 5.97 Å². The number of nitrogens with zero attached hydrogens (tertiary/aromatic N) is 4. The molecule has 0 radical (unpaired) electrons. The molecule has 1 aromatic heterocycles. The smallest absolute Gasteiger partial charge is 0.358 e. The van der Waals surface area contributed by atoms with Crippen molar-refractivity contribution in [3.63, 3.8) is 0 Å². The number of carbonyl (C=O) groups excluding carboxylic acids is 1. The van der Waals surface area contributed by atoms with E-state index in [1.807, 2.05) is 4.90 Å². The van der Waals surface area contributed by atoms with Gasteiger partial charge in [-0.2, -0.15) is 0 Å². The number of ether oxygens (including phenoxy) is 1. The van der Waals surface area contributed by atoms with Crippen LogP contribution in [0.1, 0.15) is 55.1 Å². The largest absolute Gasteiger partial charge is 0.476 e. The van der Waals surface area contributed by atoms with E-state index in [2.05, 4.69) is 10.3 Å². The minimum atomic E-state index is -1.07. The van der Waals surface area contributed by atoms with Crippen LogP contribution in [0.25, 0.3) is 0 Å². The van der Waals surface area contributed by atoms with E-state index >= 15 is 0 Å². The van der Waals surface area contributed by atoms with Crippen molar-refractivity contribution in [3.8, 4) is 0 Å². The van der Waals surface area contributed by atoms with Crippen LogP contribution in [0.5, 0.6) is 0 Å². The molecular formula is C15H22N4O4. The second-order valence-corrected chi connectivity index (χ2v) is 6.42. The fourth-order valence-electron chi connectivity index (χ4n) is 3.34. The summed E-state index contributed by atoms with van der Waals surface area (Å²) >= 11 is 0. The zero-order valence-corrected chi connectivity index (χ0v) is 13.3. The third-order valence-electron chi connectivity index (χ3n) is 5.09. The van der Waals surface area contributed by atoms with Crippen molar-refractivity contribution in [1.29, 1.82) is 0 Å². The van der Waals surface area contributed by atoms with Gasteiger partial charge in [-0.3, -0.25) is 4.79 Å². The lowest BCUT2D eigenvalue weighted by molar-refractivity contribution is -0.145. The summed E-state index contributed by atoms with van der Waals surface area (Å²) in [7, 11) is 1.68. The number of likely N-dealkylation sites (tertiary alicyclic amines) is 1. The summed E-state index contributed by atoms with van der Waals surface area (Å²) < 4.78 is 7.13. The Balaban J connectivity index is 1.53.